The molecule has 1 aromatic heterocycles. The number of thiophene rings is 1. The molecule has 0 radical (unpaired) electrons. The summed E-state index contributed by atoms with van der Waals surface area (Å²) in [6, 6.07) is 10.6. The van der Waals surface area contributed by atoms with Crippen molar-refractivity contribution in [3.05, 3.63) is 55.7 Å². The standard InChI is InChI=1S/C14H14BrClS/c1-3-11-6-7-13(17-11)14(16)12-8-10(15)5-4-9(12)2/h4-8,14H,3H2,1-2H3. The van der Waals surface area contributed by atoms with Gasteiger partial charge in [-0.15, -0.1) is 22.9 Å². The van der Waals surface area contributed by atoms with Gasteiger partial charge in [-0.2, -0.15) is 0 Å². The van der Waals surface area contributed by atoms with E-state index in [2.05, 4.69) is 54.0 Å². The van der Waals surface area contributed by atoms with E-state index < -0.39 is 0 Å². The highest BCUT2D eigenvalue weighted by molar-refractivity contribution is 9.10. The van der Waals surface area contributed by atoms with Gasteiger partial charge >= 0.3 is 0 Å². The molecule has 2 rings (SSSR count). The normalized spacial score (nSPS) is 12.7. The van der Waals surface area contributed by atoms with E-state index in [0.29, 0.717) is 0 Å². The monoisotopic (exact) mass is 328 g/mol. The Balaban J connectivity index is 2.35. The summed E-state index contributed by atoms with van der Waals surface area (Å²) in [6.45, 7) is 4.27. The number of benzene rings is 1. The molecule has 2 aromatic rings. The average Bonchev–Trinajstić information content (AvgIpc) is 2.80. The lowest BCUT2D eigenvalue weighted by Gasteiger charge is -2.11. The molecule has 1 atom stereocenters. The number of halogens is 2. The molecule has 0 aliphatic rings. The Morgan fingerprint density at radius 3 is 2.71 bits per heavy atom. The van der Waals surface area contributed by atoms with Gasteiger partial charge in [-0.25, -0.2) is 0 Å². The summed E-state index contributed by atoms with van der Waals surface area (Å²) >= 11 is 11.9. The summed E-state index contributed by atoms with van der Waals surface area (Å²) < 4.78 is 1.08. The third kappa shape index (κ3) is 2.93. The maximum atomic E-state index is 6.57. The van der Waals surface area contributed by atoms with Gasteiger partial charge in [-0.3, -0.25) is 0 Å². The first-order chi connectivity index (χ1) is 8.11. The van der Waals surface area contributed by atoms with E-state index in [1.54, 1.807) is 11.3 Å². The fraction of sp³-hybridized carbons (Fsp3) is 0.286. The van der Waals surface area contributed by atoms with Crippen LogP contribution in [-0.2, 0) is 6.42 Å². The first kappa shape index (κ1) is 13.1. The molecule has 0 fully saturated rings. The molecule has 3 heteroatoms. The molecule has 1 heterocycles. The van der Waals surface area contributed by atoms with E-state index in [1.165, 1.54) is 20.9 Å². The van der Waals surface area contributed by atoms with Crippen LogP contribution in [-0.4, -0.2) is 0 Å². The summed E-state index contributed by atoms with van der Waals surface area (Å²) in [5.74, 6) is 0. The van der Waals surface area contributed by atoms with Crippen LogP contribution in [0.5, 0.6) is 0 Å². The zero-order valence-corrected chi connectivity index (χ0v) is 13.0. The van der Waals surface area contributed by atoms with Crippen LogP contribution in [0.25, 0.3) is 0 Å². The highest BCUT2D eigenvalue weighted by Gasteiger charge is 2.15. The molecule has 0 amide bonds. The van der Waals surface area contributed by atoms with Gasteiger partial charge < -0.3 is 0 Å². The van der Waals surface area contributed by atoms with E-state index in [9.17, 15) is 0 Å². The van der Waals surface area contributed by atoms with Crippen LogP contribution < -0.4 is 0 Å². The Morgan fingerprint density at radius 2 is 2.06 bits per heavy atom. The molecule has 0 saturated carbocycles. The number of hydrogen-bond acceptors (Lipinski definition) is 1. The average molecular weight is 330 g/mol. The lowest BCUT2D eigenvalue weighted by molar-refractivity contribution is 1.14. The van der Waals surface area contributed by atoms with Crippen LogP contribution in [0, 0.1) is 6.92 Å². The van der Waals surface area contributed by atoms with Crippen LogP contribution >= 0.6 is 38.9 Å². The minimum atomic E-state index is -0.0437. The second kappa shape index (κ2) is 5.55. The second-order valence-electron chi connectivity index (χ2n) is 4.02. The highest BCUT2D eigenvalue weighted by atomic mass is 79.9. The Bertz CT molecular complexity index is 519. The lowest BCUT2D eigenvalue weighted by atomic mass is 10.0. The predicted octanol–water partition coefficient (Wildman–Crippen LogP) is 5.71. The molecule has 17 heavy (non-hydrogen) atoms. The maximum absolute atomic E-state index is 6.57. The quantitative estimate of drug-likeness (QED) is 0.633. The van der Waals surface area contributed by atoms with Gasteiger partial charge in [0.2, 0.25) is 0 Å². The molecule has 0 bridgehead atoms. The van der Waals surface area contributed by atoms with Gasteiger partial charge in [0.05, 0.1) is 5.38 Å². The number of hydrogen-bond donors (Lipinski definition) is 0. The number of aryl methyl sites for hydroxylation is 2. The third-order valence-corrected chi connectivity index (χ3v) is 5.18. The second-order valence-corrected chi connectivity index (χ2v) is 6.57. The molecular formula is C14H14BrClS. The van der Waals surface area contributed by atoms with Crippen molar-refractivity contribution in [1.29, 1.82) is 0 Å². The minimum Gasteiger partial charge on any atom is -0.143 e. The van der Waals surface area contributed by atoms with Crippen LogP contribution in [0.4, 0.5) is 0 Å². The topological polar surface area (TPSA) is 0 Å². The first-order valence-corrected chi connectivity index (χ1v) is 7.65. The SMILES string of the molecule is CCc1ccc(C(Cl)c2cc(Br)ccc2C)s1. The van der Waals surface area contributed by atoms with Crippen molar-refractivity contribution in [3.8, 4) is 0 Å². The van der Waals surface area contributed by atoms with Crippen molar-refractivity contribution in [2.75, 3.05) is 0 Å². The summed E-state index contributed by atoms with van der Waals surface area (Å²) in [7, 11) is 0. The van der Waals surface area contributed by atoms with Gasteiger partial charge in [-0.1, -0.05) is 28.9 Å². The van der Waals surface area contributed by atoms with Gasteiger partial charge in [0.1, 0.15) is 0 Å². The number of rotatable bonds is 3. The molecule has 0 spiro atoms. The molecule has 0 aliphatic heterocycles. The summed E-state index contributed by atoms with van der Waals surface area (Å²) in [6.07, 6.45) is 1.08. The van der Waals surface area contributed by atoms with Gasteiger partial charge in [0, 0.05) is 14.2 Å². The van der Waals surface area contributed by atoms with E-state index in [-0.39, 0.29) is 5.38 Å². The molecule has 0 nitrogen and oxygen atoms in total. The van der Waals surface area contributed by atoms with Crippen LogP contribution in [0.2, 0.25) is 0 Å². The summed E-state index contributed by atoms with van der Waals surface area (Å²) in [5.41, 5.74) is 2.42. The van der Waals surface area contributed by atoms with Crippen molar-refractivity contribution < 1.29 is 0 Å². The van der Waals surface area contributed by atoms with Crippen molar-refractivity contribution in [2.45, 2.75) is 25.6 Å². The fourth-order valence-corrected chi connectivity index (χ4v) is 3.53. The largest absolute Gasteiger partial charge is 0.143 e. The summed E-state index contributed by atoms with van der Waals surface area (Å²) in [5, 5.41) is -0.0437. The molecule has 1 aromatic carbocycles. The van der Waals surface area contributed by atoms with Crippen LogP contribution in [0.15, 0.2) is 34.8 Å². The minimum absolute atomic E-state index is 0.0437. The van der Waals surface area contributed by atoms with Crippen molar-refractivity contribution in [1.82, 2.24) is 0 Å². The zero-order valence-electron chi connectivity index (χ0n) is 9.84. The zero-order chi connectivity index (χ0) is 12.4. The Labute approximate surface area is 120 Å². The predicted molar refractivity (Wildman–Crippen MR) is 80.3 cm³/mol. The Hall–Kier alpha value is -0.310. The first-order valence-electron chi connectivity index (χ1n) is 5.60. The maximum Gasteiger partial charge on any atom is 0.0930 e. The van der Waals surface area contributed by atoms with Gasteiger partial charge in [0.25, 0.3) is 0 Å². The van der Waals surface area contributed by atoms with Crippen molar-refractivity contribution in [3.63, 3.8) is 0 Å². The molecular weight excluding hydrogens is 316 g/mol. The van der Waals surface area contributed by atoms with E-state index in [4.69, 9.17) is 11.6 Å². The van der Waals surface area contributed by atoms with Crippen LogP contribution in [0.3, 0.4) is 0 Å². The molecule has 90 valence electrons. The molecule has 0 saturated heterocycles. The van der Waals surface area contributed by atoms with Gasteiger partial charge in [-0.05, 0) is 48.7 Å². The molecule has 0 aliphatic carbocycles. The highest BCUT2D eigenvalue weighted by Crippen LogP contribution is 2.36. The number of alkyl halides is 1. The smallest absolute Gasteiger partial charge is 0.0930 e. The van der Waals surface area contributed by atoms with Crippen molar-refractivity contribution in [2.24, 2.45) is 0 Å². The van der Waals surface area contributed by atoms with Gasteiger partial charge in [0.15, 0.2) is 0 Å². The lowest BCUT2D eigenvalue weighted by Crippen LogP contribution is -1.93. The Kier molecular flexibility index (Phi) is 4.29. The summed E-state index contributed by atoms with van der Waals surface area (Å²) in [4.78, 5) is 2.61. The van der Waals surface area contributed by atoms with Crippen LogP contribution in [0.1, 0.15) is 33.2 Å². The van der Waals surface area contributed by atoms with E-state index >= 15 is 0 Å². The van der Waals surface area contributed by atoms with E-state index in [0.717, 1.165) is 10.9 Å². The van der Waals surface area contributed by atoms with Crippen molar-refractivity contribution >= 4 is 38.9 Å². The third-order valence-electron chi connectivity index (χ3n) is 2.80. The Morgan fingerprint density at radius 1 is 1.29 bits per heavy atom. The molecule has 0 N–H and O–H groups in total. The van der Waals surface area contributed by atoms with E-state index in [1.807, 2.05) is 6.07 Å². The fourth-order valence-electron chi connectivity index (χ4n) is 1.76. The molecule has 1 unspecified atom stereocenters.